The van der Waals surface area contributed by atoms with E-state index in [2.05, 4.69) is 0 Å². The standard InChI is InChI=1S/C13H15NO4/c1-18-10-7-14(8-10)12(15)6-9-4-2-3-5-11(9)13(16)17/h2-5,10H,6-8H2,1H3,(H,16,17). The molecule has 5 heteroatoms. The zero-order valence-corrected chi connectivity index (χ0v) is 10.1. The average molecular weight is 249 g/mol. The van der Waals surface area contributed by atoms with Gasteiger partial charge in [-0.25, -0.2) is 4.79 Å². The number of carboxylic acids is 1. The average Bonchev–Trinajstić information content (AvgIpc) is 2.28. The minimum absolute atomic E-state index is 0.0583. The maximum atomic E-state index is 11.9. The number of ether oxygens (including phenoxy) is 1. The predicted octanol–water partition coefficient (Wildman–Crippen LogP) is 0.784. The van der Waals surface area contributed by atoms with Crippen LogP contribution in [0.1, 0.15) is 15.9 Å². The summed E-state index contributed by atoms with van der Waals surface area (Å²) in [5.41, 5.74) is 0.741. The molecule has 96 valence electrons. The molecular weight excluding hydrogens is 234 g/mol. The number of hydrogen-bond donors (Lipinski definition) is 1. The van der Waals surface area contributed by atoms with Gasteiger partial charge in [-0.3, -0.25) is 4.79 Å². The third-order valence-corrected chi connectivity index (χ3v) is 3.12. The SMILES string of the molecule is COC1CN(C(=O)Cc2ccccc2C(=O)O)C1. The fourth-order valence-corrected chi connectivity index (χ4v) is 1.95. The molecule has 5 nitrogen and oxygen atoms in total. The molecule has 0 atom stereocenters. The molecule has 1 heterocycles. The number of benzene rings is 1. The van der Waals surface area contributed by atoms with Crippen LogP contribution in [0.25, 0.3) is 0 Å². The van der Waals surface area contributed by atoms with Gasteiger partial charge in [0.1, 0.15) is 0 Å². The van der Waals surface area contributed by atoms with Gasteiger partial charge in [0, 0.05) is 20.2 Å². The van der Waals surface area contributed by atoms with E-state index in [0.29, 0.717) is 18.7 Å². The maximum absolute atomic E-state index is 11.9. The minimum Gasteiger partial charge on any atom is -0.478 e. The van der Waals surface area contributed by atoms with Crippen molar-refractivity contribution in [3.8, 4) is 0 Å². The van der Waals surface area contributed by atoms with Crippen LogP contribution in [0.4, 0.5) is 0 Å². The highest BCUT2D eigenvalue weighted by Gasteiger charge is 2.30. The lowest BCUT2D eigenvalue weighted by molar-refractivity contribution is -0.142. The van der Waals surface area contributed by atoms with Crippen LogP contribution >= 0.6 is 0 Å². The van der Waals surface area contributed by atoms with Gasteiger partial charge < -0.3 is 14.7 Å². The maximum Gasteiger partial charge on any atom is 0.335 e. The third kappa shape index (κ3) is 2.51. The summed E-state index contributed by atoms with van der Waals surface area (Å²) in [4.78, 5) is 24.6. The van der Waals surface area contributed by atoms with Gasteiger partial charge in [-0.2, -0.15) is 0 Å². The van der Waals surface area contributed by atoms with Crippen molar-refractivity contribution in [2.24, 2.45) is 0 Å². The van der Waals surface area contributed by atoms with E-state index < -0.39 is 5.97 Å². The van der Waals surface area contributed by atoms with Gasteiger partial charge in [0.15, 0.2) is 0 Å². The molecule has 1 saturated heterocycles. The van der Waals surface area contributed by atoms with Gasteiger partial charge in [-0.15, -0.1) is 0 Å². The van der Waals surface area contributed by atoms with Gasteiger partial charge in [0.25, 0.3) is 0 Å². The van der Waals surface area contributed by atoms with Crippen LogP contribution in [0.15, 0.2) is 24.3 Å². The van der Waals surface area contributed by atoms with Crippen molar-refractivity contribution in [3.63, 3.8) is 0 Å². The molecule has 0 spiro atoms. The number of carboxylic acid groups (broad SMARTS) is 1. The fraction of sp³-hybridized carbons (Fsp3) is 0.385. The molecule has 1 aliphatic rings. The number of hydrogen-bond acceptors (Lipinski definition) is 3. The molecule has 1 N–H and O–H groups in total. The van der Waals surface area contributed by atoms with E-state index in [0.717, 1.165) is 0 Å². The lowest BCUT2D eigenvalue weighted by Crippen LogP contribution is -2.54. The second-order valence-electron chi connectivity index (χ2n) is 4.30. The van der Waals surface area contributed by atoms with Crippen LogP contribution in [0.2, 0.25) is 0 Å². The number of carbonyl (C=O) groups excluding carboxylic acids is 1. The van der Waals surface area contributed by atoms with E-state index in [1.54, 1.807) is 30.2 Å². The second-order valence-corrected chi connectivity index (χ2v) is 4.30. The van der Waals surface area contributed by atoms with Crippen molar-refractivity contribution in [3.05, 3.63) is 35.4 Å². The van der Waals surface area contributed by atoms with Gasteiger partial charge in [0.05, 0.1) is 18.1 Å². The molecule has 0 radical (unpaired) electrons. The zero-order chi connectivity index (χ0) is 13.1. The summed E-state index contributed by atoms with van der Waals surface area (Å²) in [6, 6.07) is 6.58. The molecule has 18 heavy (non-hydrogen) atoms. The molecule has 1 amide bonds. The number of carbonyl (C=O) groups is 2. The van der Waals surface area contributed by atoms with E-state index in [9.17, 15) is 9.59 Å². The van der Waals surface area contributed by atoms with E-state index in [1.165, 1.54) is 6.07 Å². The summed E-state index contributed by atoms with van der Waals surface area (Å²) in [5, 5.41) is 9.02. The Bertz CT molecular complexity index is 466. The summed E-state index contributed by atoms with van der Waals surface area (Å²) in [7, 11) is 1.62. The zero-order valence-electron chi connectivity index (χ0n) is 10.1. The number of rotatable bonds is 4. The Labute approximate surface area is 105 Å². The molecule has 0 saturated carbocycles. The van der Waals surface area contributed by atoms with Gasteiger partial charge in [-0.05, 0) is 11.6 Å². The van der Waals surface area contributed by atoms with Crippen molar-refractivity contribution < 1.29 is 19.4 Å². The van der Waals surface area contributed by atoms with Crippen LogP contribution in [0.5, 0.6) is 0 Å². The Balaban J connectivity index is 2.02. The van der Waals surface area contributed by atoms with E-state index in [1.807, 2.05) is 0 Å². The molecule has 0 aromatic heterocycles. The van der Waals surface area contributed by atoms with Crippen molar-refractivity contribution in [1.82, 2.24) is 4.90 Å². The molecule has 1 aliphatic heterocycles. The molecular formula is C13H15NO4. The predicted molar refractivity (Wildman–Crippen MR) is 64.5 cm³/mol. The van der Waals surface area contributed by atoms with E-state index >= 15 is 0 Å². The number of nitrogens with zero attached hydrogens (tertiary/aromatic N) is 1. The molecule has 1 aromatic rings. The third-order valence-electron chi connectivity index (χ3n) is 3.12. The summed E-state index contributed by atoms with van der Waals surface area (Å²) >= 11 is 0. The van der Waals surface area contributed by atoms with Gasteiger partial charge in [0.2, 0.25) is 5.91 Å². The van der Waals surface area contributed by atoms with Crippen LogP contribution in [0, 0.1) is 0 Å². The lowest BCUT2D eigenvalue weighted by atomic mass is 10.0. The monoisotopic (exact) mass is 249 g/mol. The largest absolute Gasteiger partial charge is 0.478 e. The van der Waals surface area contributed by atoms with Crippen molar-refractivity contribution in [1.29, 1.82) is 0 Å². The van der Waals surface area contributed by atoms with Crippen molar-refractivity contribution in [2.45, 2.75) is 12.5 Å². The smallest absolute Gasteiger partial charge is 0.335 e. The van der Waals surface area contributed by atoms with E-state index in [-0.39, 0.29) is 24.0 Å². The quantitative estimate of drug-likeness (QED) is 0.856. The van der Waals surface area contributed by atoms with Gasteiger partial charge in [-0.1, -0.05) is 18.2 Å². The van der Waals surface area contributed by atoms with Crippen LogP contribution in [-0.4, -0.2) is 48.2 Å². The number of amides is 1. The molecule has 1 fully saturated rings. The Morgan fingerprint density at radius 2 is 2.06 bits per heavy atom. The summed E-state index contributed by atoms with van der Waals surface area (Å²) in [6.07, 6.45) is 0.238. The topological polar surface area (TPSA) is 66.8 Å². The lowest BCUT2D eigenvalue weighted by Gasteiger charge is -2.38. The van der Waals surface area contributed by atoms with Crippen molar-refractivity contribution >= 4 is 11.9 Å². The highest BCUT2D eigenvalue weighted by molar-refractivity contribution is 5.91. The Hall–Kier alpha value is -1.88. The first kappa shape index (κ1) is 12.6. The Morgan fingerprint density at radius 1 is 1.39 bits per heavy atom. The molecule has 0 unspecified atom stereocenters. The minimum atomic E-state index is -1.00. The van der Waals surface area contributed by atoms with Crippen LogP contribution in [-0.2, 0) is 16.0 Å². The molecule has 2 rings (SSSR count). The summed E-state index contributed by atoms with van der Waals surface area (Å²) < 4.78 is 5.09. The first-order valence-electron chi connectivity index (χ1n) is 5.73. The first-order chi connectivity index (χ1) is 8.61. The second kappa shape index (κ2) is 5.18. The fourth-order valence-electron chi connectivity index (χ4n) is 1.95. The van der Waals surface area contributed by atoms with Gasteiger partial charge >= 0.3 is 5.97 Å². The number of likely N-dealkylation sites (tertiary alicyclic amines) is 1. The normalized spacial score (nSPS) is 15.3. The Kier molecular flexibility index (Phi) is 3.62. The van der Waals surface area contributed by atoms with Crippen LogP contribution in [0.3, 0.4) is 0 Å². The number of aromatic carboxylic acids is 1. The Morgan fingerprint density at radius 3 is 2.67 bits per heavy atom. The highest BCUT2D eigenvalue weighted by Crippen LogP contribution is 2.15. The summed E-state index contributed by atoms with van der Waals surface area (Å²) in [6.45, 7) is 1.18. The molecule has 0 bridgehead atoms. The highest BCUT2D eigenvalue weighted by atomic mass is 16.5. The first-order valence-corrected chi connectivity index (χ1v) is 5.73. The summed E-state index contributed by atoms with van der Waals surface area (Å²) in [5.74, 6) is -1.06. The molecule has 0 aliphatic carbocycles. The van der Waals surface area contributed by atoms with Crippen molar-refractivity contribution in [2.75, 3.05) is 20.2 Å². The molecule has 1 aromatic carbocycles. The van der Waals surface area contributed by atoms with Crippen LogP contribution < -0.4 is 0 Å². The number of methoxy groups -OCH3 is 1. The van der Waals surface area contributed by atoms with E-state index in [4.69, 9.17) is 9.84 Å².